The summed E-state index contributed by atoms with van der Waals surface area (Å²) in [4.78, 5) is 11.0. The van der Waals surface area contributed by atoms with Crippen molar-refractivity contribution in [2.45, 2.75) is 13.8 Å². The average molecular weight is 203 g/mol. The van der Waals surface area contributed by atoms with Crippen LogP contribution in [0.3, 0.4) is 0 Å². The van der Waals surface area contributed by atoms with Crippen LogP contribution < -0.4 is 11.1 Å². The molecule has 0 radical (unpaired) electrons. The SMILES string of the molecule is COCC(=O)NCC(C)(C)C(N)=NO. The van der Waals surface area contributed by atoms with E-state index in [-0.39, 0.29) is 18.3 Å². The zero-order chi connectivity index (χ0) is 11.2. The van der Waals surface area contributed by atoms with Crippen LogP contribution in [0, 0.1) is 5.41 Å². The second-order valence-corrected chi connectivity index (χ2v) is 3.58. The smallest absolute Gasteiger partial charge is 0.246 e. The highest BCUT2D eigenvalue weighted by Crippen LogP contribution is 2.12. The zero-order valence-corrected chi connectivity index (χ0v) is 8.70. The van der Waals surface area contributed by atoms with Crippen molar-refractivity contribution in [2.75, 3.05) is 20.3 Å². The number of amidine groups is 1. The highest BCUT2D eigenvalue weighted by atomic mass is 16.5. The first-order valence-corrected chi connectivity index (χ1v) is 4.17. The number of amides is 1. The number of carbonyl (C=O) groups excluding carboxylic acids is 1. The molecule has 0 saturated heterocycles. The van der Waals surface area contributed by atoms with Crippen molar-refractivity contribution in [3.8, 4) is 0 Å². The predicted octanol–water partition coefficient (Wildman–Crippen LogP) is -0.478. The van der Waals surface area contributed by atoms with Gasteiger partial charge < -0.3 is 21.0 Å². The fraction of sp³-hybridized carbons (Fsp3) is 0.750. The van der Waals surface area contributed by atoms with Gasteiger partial charge in [-0.25, -0.2) is 0 Å². The summed E-state index contributed by atoms with van der Waals surface area (Å²) in [6.45, 7) is 3.82. The van der Waals surface area contributed by atoms with Crippen LogP contribution in [0.2, 0.25) is 0 Å². The van der Waals surface area contributed by atoms with E-state index in [0.29, 0.717) is 6.54 Å². The largest absolute Gasteiger partial charge is 0.409 e. The highest BCUT2D eigenvalue weighted by Gasteiger charge is 2.24. The summed E-state index contributed by atoms with van der Waals surface area (Å²) in [6, 6.07) is 0. The first-order chi connectivity index (χ1) is 6.44. The molecule has 0 atom stereocenters. The molecule has 0 saturated carbocycles. The van der Waals surface area contributed by atoms with Crippen LogP contribution in [0.25, 0.3) is 0 Å². The van der Waals surface area contributed by atoms with Gasteiger partial charge in [-0.1, -0.05) is 19.0 Å². The quantitative estimate of drug-likeness (QED) is 0.243. The Balaban J connectivity index is 4.05. The first kappa shape index (κ1) is 12.7. The number of rotatable bonds is 5. The lowest BCUT2D eigenvalue weighted by Gasteiger charge is -2.22. The lowest BCUT2D eigenvalue weighted by molar-refractivity contribution is -0.125. The molecule has 0 bridgehead atoms. The van der Waals surface area contributed by atoms with Crippen LogP contribution >= 0.6 is 0 Å². The summed E-state index contributed by atoms with van der Waals surface area (Å²) >= 11 is 0. The zero-order valence-electron chi connectivity index (χ0n) is 8.70. The summed E-state index contributed by atoms with van der Waals surface area (Å²) in [5.41, 5.74) is 4.86. The van der Waals surface area contributed by atoms with E-state index in [4.69, 9.17) is 10.9 Å². The third kappa shape index (κ3) is 4.08. The Morgan fingerprint density at radius 3 is 2.64 bits per heavy atom. The number of hydrogen-bond acceptors (Lipinski definition) is 4. The van der Waals surface area contributed by atoms with Gasteiger partial charge in [0.15, 0.2) is 0 Å². The number of oxime groups is 1. The molecule has 82 valence electrons. The molecule has 1 amide bonds. The summed E-state index contributed by atoms with van der Waals surface area (Å²) < 4.78 is 4.63. The van der Waals surface area contributed by atoms with Gasteiger partial charge >= 0.3 is 0 Å². The lowest BCUT2D eigenvalue weighted by atomic mass is 9.92. The molecule has 0 aliphatic carbocycles. The minimum Gasteiger partial charge on any atom is -0.409 e. The Labute approximate surface area is 83.1 Å². The lowest BCUT2D eigenvalue weighted by Crippen LogP contribution is -2.43. The summed E-state index contributed by atoms with van der Waals surface area (Å²) in [6.07, 6.45) is 0. The van der Waals surface area contributed by atoms with Crippen molar-refractivity contribution in [2.24, 2.45) is 16.3 Å². The van der Waals surface area contributed by atoms with Gasteiger partial charge in [0.05, 0.1) is 0 Å². The van der Waals surface area contributed by atoms with E-state index in [1.807, 2.05) is 0 Å². The van der Waals surface area contributed by atoms with Crippen LogP contribution in [0.5, 0.6) is 0 Å². The molecule has 6 nitrogen and oxygen atoms in total. The minimum atomic E-state index is -0.571. The van der Waals surface area contributed by atoms with Gasteiger partial charge in [-0.15, -0.1) is 0 Å². The van der Waals surface area contributed by atoms with Gasteiger partial charge in [-0.2, -0.15) is 0 Å². The van der Waals surface area contributed by atoms with Gasteiger partial charge in [-0.3, -0.25) is 4.79 Å². The third-order valence-corrected chi connectivity index (χ3v) is 1.80. The van der Waals surface area contributed by atoms with Gasteiger partial charge in [0, 0.05) is 19.1 Å². The summed E-state index contributed by atoms with van der Waals surface area (Å²) in [7, 11) is 1.44. The minimum absolute atomic E-state index is 0.00620. The van der Waals surface area contributed by atoms with Crippen LogP contribution in [-0.2, 0) is 9.53 Å². The predicted molar refractivity (Wildman–Crippen MR) is 52.1 cm³/mol. The van der Waals surface area contributed by atoms with Crippen LogP contribution in [0.15, 0.2) is 5.16 Å². The Kier molecular flexibility index (Phi) is 4.93. The normalized spacial score (nSPS) is 12.6. The number of ether oxygens (including phenoxy) is 1. The van der Waals surface area contributed by atoms with E-state index in [0.717, 1.165) is 0 Å². The molecule has 6 heteroatoms. The van der Waals surface area contributed by atoms with E-state index >= 15 is 0 Å². The van der Waals surface area contributed by atoms with Crippen molar-refractivity contribution in [1.29, 1.82) is 0 Å². The van der Waals surface area contributed by atoms with Crippen LogP contribution in [-0.4, -0.2) is 37.2 Å². The van der Waals surface area contributed by atoms with E-state index in [2.05, 4.69) is 15.2 Å². The topological polar surface area (TPSA) is 96.9 Å². The number of hydrogen-bond donors (Lipinski definition) is 3. The maximum atomic E-state index is 11.0. The maximum Gasteiger partial charge on any atom is 0.246 e. The van der Waals surface area contributed by atoms with Crippen LogP contribution in [0.4, 0.5) is 0 Å². The number of nitrogens with one attached hydrogen (secondary N) is 1. The number of nitrogens with zero attached hydrogens (tertiary/aromatic N) is 1. The molecule has 0 unspecified atom stereocenters. The monoisotopic (exact) mass is 203 g/mol. The van der Waals surface area contributed by atoms with Crippen LogP contribution in [0.1, 0.15) is 13.8 Å². The van der Waals surface area contributed by atoms with Crippen molar-refractivity contribution in [3.63, 3.8) is 0 Å². The molecular weight excluding hydrogens is 186 g/mol. The van der Waals surface area contributed by atoms with Crippen molar-refractivity contribution in [1.82, 2.24) is 5.32 Å². The molecule has 0 aliphatic rings. The van der Waals surface area contributed by atoms with E-state index in [9.17, 15) is 4.79 Å². The summed E-state index contributed by atoms with van der Waals surface area (Å²) in [5.74, 6) is -0.151. The maximum absolute atomic E-state index is 11.0. The second kappa shape index (κ2) is 5.43. The van der Waals surface area contributed by atoms with Crippen molar-refractivity contribution < 1.29 is 14.7 Å². The van der Waals surface area contributed by atoms with Crippen molar-refractivity contribution >= 4 is 11.7 Å². The molecular formula is C8H17N3O3. The van der Waals surface area contributed by atoms with Crippen molar-refractivity contribution in [3.05, 3.63) is 0 Å². The van der Waals surface area contributed by atoms with E-state index in [1.165, 1.54) is 7.11 Å². The molecule has 0 spiro atoms. The Morgan fingerprint density at radius 1 is 1.64 bits per heavy atom. The fourth-order valence-corrected chi connectivity index (χ4v) is 0.728. The molecule has 0 aliphatic heterocycles. The molecule has 14 heavy (non-hydrogen) atoms. The third-order valence-electron chi connectivity index (χ3n) is 1.80. The molecule has 0 aromatic heterocycles. The second-order valence-electron chi connectivity index (χ2n) is 3.58. The molecule has 4 N–H and O–H groups in total. The average Bonchev–Trinajstić information content (AvgIpc) is 2.14. The molecule has 0 heterocycles. The molecule has 0 fully saturated rings. The van der Waals surface area contributed by atoms with Gasteiger partial charge in [-0.05, 0) is 0 Å². The molecule has 0 aromatic rings. The first-order valence-electron chi connectivity index (χ1n) is 4.17. The Bertz CT molecular complexity index is 226. The molecule has 0 rings (SSSR count). The van der Waals surface area contributed by atoms with E-state index < -0.39 is 5.41 Å². The number of methoxy groups -OCH3 is 1. The van der Waals surface area contributed by atoms with Gasteiger partial charge in [0.2, 0.25) is 5.91 Å². The highest BCUT2D eigenvalue weighted by molar-refractivity contribution is 5.86. The number of carbonyl (C=O) groups is 1. The van der Waals surface area contributed by atoms with Gasteiger partial charge in [0.1, 0.15) is 12.4 Å². The summed E-state index contributed by atoms with van der Waals surface area (Å²) in [5, 5.41) is 14.0. The Morgan fingerprint density at radius 2 is 2.21 bits per heavy atom. The van der Waals surface area contributed by atoms with Gasteiger partial charge in [0.25, 0.3) is 0 Å². The van der Waals surface area contributed by atoms with E-state index in [1.54, 1.807) is 13.8 Å². The standard InChI is InChI=1S/C8H17N3O3/c1-8(2,7(9)11-13)5-10-6(12)4-14-3/h13H,4-5H2,1-3H3,(H2,9,11)(H,10,12). The fourth-order valence-electron chi connectivity index (χ4n) is 0.728. The number of nitrogens with two attached hydrogens (primary N) is 1. The molecule has 0 aromatic carbocycles. The Hall–Kier alpha value is -1.30.